The highest BCUT2D eigenvalue weighted by Gasteiger charge is 2.32. The number of nitrogens with zero attached hydrogens (tertiary/aromatic N) is 3. The first kappa shape index (κ1) is 22.3. The summed E-state index contributed by atoms with van der Waals surface area (Å²) in [5, 5.41) is 1.02. The fraction of sp³-hybridized carbons (Fsp3) is 0.115. The second-order valence-electron chi connectivity index (χ2n) is 7.70. The van der Waals surface area contributed by atoms with Crippen molar-refractivity contribution >= 4 is 51.2 Å². The van der Waals surface area contributed by atoms with Crippen LogP contribution < -0.4 is 4.74 Å². The van der Waals surface area contributed by atoms with Crippen molar-refractivity contribution in [1.82, 2.24) is 14.5 Å². The first-order valence-electron chi connectivity index (χ1n) is 10.7. The summed E-state index contributed by atoms with van der Waals surface area (Å²) in [6.45, 7) is 1.24. The number of para-hydroxylation sites is 2. The number of carbonyl (C=O) groups excluding carboxylic acids is 1. The zero-order chi connectivity index (χ0) is 23.5. The minimum atomic E-state index is -0.381. The van der Waals surface area contributed by atoms with Gasteiger partial charge in [0.1, 0.15) is 10.9 Å². The van der Waals surface area contributed by atoms with Gasteiger partial charge in [0.25, 0.3) is 5.91 Å². The lowest BCUT2D eigenvalue weighted by Gasteiger charge is -2.13. The summed E-state index contributed by atoms with van der Waals surface area (Å²) < 4.78 is 22.1. The quantitative estimate of drug-likeness (QED) is 0.248. The summed E-state index contributed by atoms with van der Waals surface area (Å²) in [5.41, 5.74) is 2.85. The van der Waals surface area contributed by atoms with Crippen molar-refractivity contribution in [3.8, 4) is 5.75 Å². The van der Waals surface area contributed by atoms with E-state index in [4.69, 9.17) is 17.0 Å². The number of pyridine rings is 1. The third kappa shape index (κ3) is 4.60. The molecule has 2 aromatic carbocycles. The van der Waals surface area contributed by atoms with E-state index in [-0.39, 0.29) is 17.5 Å². The Labute approximate surface area is 205 Å². The number of thiocarbonyl (C=S) groups is 1. The molecule has 1 aliphatic rings. The Morgan fingerprint density at radius 2 is 1.91 bits per heavy atom. The van der Waals surface area contributed by atoms with Crippen molar-refractivity contribution in [2.75, 3.05) is 6.61 Å². The van der Waals surface area contributed by atoms with Crippen LogP contribution in [0, 0.1) is 5.82 Å². The highest BCUT2D eigenvalue weighted by Crippen LogP contribution is 2.35. The monoisotopic (exact) mass is 489 g/mol. The average Bonchev–Trinajstić information content (AvgIpc) is 3.33. The molecule has 0 N–H and O–H groups in total. The summed E-state index contributed by atoms with van der Waals surface area (Å²) in [7, 11) is 0. The highest BCUT2D eigenvalue weighted by atomic mass is 32.2. The van der Waals surface area contributed by atoms with Crippen molar-refractivity contribution in [3.63, 3.8) is 0 Å². The van der Waals surface area contributed by atoms with Crippen molar-refractivity contribution in [2.45, 2.75) is 13.1 Å². The van der Waals surface area contributed by atoms with Crippen LogP contribution in [0.3, 0.4) is 0 Å². The van der Waals surface area contributed by atoms with Gasteiger partial charge in [-0.2, -0.15) is 0 Å². The number of hydrogen-bond acceptors (Lipinski definition) is 5. The maximum Gasteiger partial charge on any atom is 0.266 e. The molecule has 4 aromatic rings. The van der Waals surface area contributed by atoms with Crippen molar-refractivity contribution in [3.05, 3.63) is 101 Å². The van der Waals surface area contributed by atoms with Gasteiger partial charge in [0.05, 0.1) is 18.0 Å². The van der Waals surface area contributed by atoms with Gasteiger partial charge in [-0.25, -0.2) is 4.39 Å². The van der Waals surface area contributed by atoms with Crippen LogP contribution in [0.5, 0.6) is 5.75 Å². The third-order valence-electron chi connectivity index (χ3n) is 5.47. The maximum absolute atomic E-state index is 13.8. The fourth-order valence-electron chi connectivity index (χ4n) is 3.84. The molecule has 0 saturated carbocycles. The van der Waals surface area contributed by atoms with Gasteiger partial charge in [-0.1, -0.05) is 60.4 Å². The Morgan fingerprint density at radius 3 is 2.74 bits per heavy atom. The summed E-state index contributed by atoms with van der Waals surface area (Å²) in [5.74, 6) is -0.260. The predicted molar refractivity (Wildman–Crippen MR) is 137 cm³/mol. The predicted octanol–water partition coefficient (Wildman–Crippen LogP) is 5.66. The number of benzene rings is 2. The van der Waals surface area contributed by atoms with E-state index in [1.165, 1.54) is 17.8 Å². The smallest absolute Gasteiger partial charge is 0.266 e. The normalized spacial score (nSPS) is 15.0. The number of amides is 1. The zero-order valence-corrected chi connectivity index (χ0v) is 19.7. The van der Waals surface area contributed by atoms with Crippen molar-refractivity contribution in [1.29, 1.82) is 0 Å². The SMILES string of the molecule is O=C1/C(=C\c2cn(CCOc3ccccc3F)c3ccccc23)SC(=S)N1Cc1cccnc1. The van der Waals surface area contributed by atoms with E-state index in [0.717, 1.165) is 22.0 Å². The van der Waals surface area contributed by atoms with Gasteiger partial charge >= 0.3 is 0 Å². The molecule has 170 valence electrons. The van der Waals surface area contributed by atoms with Crippen LogP contribution in [0.15, 0.2) is 84.2 Å². The van der Waals surface area contributed by atoms with Crippen LogP contribution in [0.2, 0.25) is 0 Å². The van der Waals surface area contributed by atoms with Gasteiger partial charge < -0.3 is 9.30 Å². The molecule has 0 aliphatic carbocycles. The number of aromatic nitrogens is 2. The number of rotatable bonds is 7. The van der Waals surface area contributed by atoms with Gasteiger partial charge in [-0.15, -0.1) is 0 Å². The van der Waals surface area contributed by atoms with Crippen molar-refractivity contribution < 1.29 is 13.9 Å². The van der Waals surface area contributed by atoms with Gasteiger partial charge in [-0.3, -0.25) is 14.7 Å². The van der Waals surface area contributed by atoms with E-state index in [9.17, 15) is 9.18 Å². The minimum Gasteiger partial charge on any atom is -0.489 e. The Hall–Kier alpha value is -3.49. The first-order valence-corrected chi connectivity index (χ1v) is 11.9. The van der Waals surface area contributed by atoms with Crippen LogP contribution >= 0.6 is 24.0 Å². The second kappa shape index (κ2) is 9.79. The van der Waals surface area contributed by atoms with Gasteiger partial charge in [0.15, 0.2) is 11.6 Å². The topological polar surface area (TPSA) is 47.4 Å². The molecule has 1 saturated heterocycles. The first-order chi connectivity index (χ1) is 16.6. The number of halogens is 1. The van der Waals surface area contributed by atoms with E-state index < -0.39 is 0 Å². The minimum absolute atomic E-state index is 0.112. The van der Waals surface area contributed by atoms with E-state index in [0.29, 0.717) is 28.9 Å². The molecule has 0 radical (unpaired) electrons. The number of carbonyl (C=O) groups is 1. The second-order valence-corrected chi connectivity index (χ2v) is 9.38. The molecule has 5 nitrogen and oxygen atoms in total. The molecule has 3 heterocycles. The molecular formula is C26H20FN3O2S2. The Morgan fingerprint density at radius 1 is 1.09 bits per heavy atom. The number of hydrogen-bond donors (Lipinski definition) is 0. The van der Waals surface area contributed by atoms with Crippen LogP contribution in [0.1, 0.15) is 11.1 Å². The molecule has 0 spiro atoms. The Balaban J connectivity index is 1.37. The lowest BCUT2D eigenvalue weighted by atomic mass is 10.1. The molecule has 0 atom stereocenters. The number of thioether (sulfide) groups is 1. The van der Waals surface area contributed by atoms with Gasteiger partial charge in [0, 0.05) is 35.1 Å². The largest absolute Gasteiger partial charge is 0.489 e. The molecule has 8 heteroatoms. The summed E-state index contributed by atoms with van der Waals surface area (Å²) in [6.07, 6.45) is 7.31. The summed E-state index contributed by atoms with van der Waals surface area (Å²) in [6, 6.07) is 18.1. The lowest BCUT2D eigenvalue weighted by molar-refractivity contribution is -0.122. The molecule has 1 fully saturated rings. The molecule has 34 heavy (non-hydrogen) atoms. The summed E-state index contributed by atoms with van der Waals surface area (Å²) >= 11 is 6.78. The molecule has 5 rings (SSSR count). The highest BCUT2D eigenvalue weighted by molar-refractivity contribution is 8.26. The van der Waals surface area contributed by atoms with Gasteiger partial charge in [0.2, 0.25) is 0 Å². The fourth-order valence-corrected chi connectivity index (χ4v) is 5.09. The molecule has 0 unspecified atom stereocenters. The molecule has 1 aliphatic heterocycles. The van der Waals surface area contributed by atoms with E-state index in [1.807, 2.05) is 48.7 Å². The van der Waals surface area contributed by atoms with E-state index in [2.05, 4.69) is 9.55 Å². The standard InChI is InChI=1S/C26H20FN3O2S2/c27-21-8-2-4-10-23(21)32-13-12-29-17-19(20-7-1-3-9-22(20)29)14-24-25(31)30(26(33)34-24)16-18-6-5-11-28-15-18/h1-11,14-15,17H,12-13,16H2/b24-14+. The average molecular weight is 490 g/mol. The molecule has 1 amide bonds. The van der Waals surface area contributed by atoms with Gasteiger partial charge in [-0.05, 0) is 35.9 Å². The van der Waals surface area contributed by atoms with Crippen LogP contribution in [0.4, 0.5) is 4.39 Å². The maximum atomic E-state index is 13.8. The molecule has 0 bridgehead atoms. The molecule has 2 aromatic heterocycles. The van der Waals surface area contributed by atoms with Crippen LogP contribution in [-0.4, -0.2) is 31.3 Å². The van der Waals surface area contributed by atoms with E-state index >= 15 is 0 Å². The van der Waals surface area contributed by atoms with Crippen molar-refractivity contribution in [2.24, 2.45) is 0 Å². The molecular weight excluding hydrogens is 469 g/mol. The van der Waals surface area contributed by atoms with Crippen LogP contribution in [-0.2, 0) is 17.9 Å². The van der Waals surface area contributed by atoms with Crippen LogP contribution in [0.25, 0.3) is 17.0 Å². The number of ether oxygens (including phenoxy) is 1. The summed E-state index contributed by atoms with van der Waals surface area (Å²) in [4.78, 5) is 19.4. The Kier molecular flexibility index (Phi) is 6.42. The third-order valence-corrected chi connectivity index (χ3v) is 6.85. The number of fused-ring (bicyclic) bond motifs is 1. The van der Waals surface area contributed by atoms with E-state index in [1.54, 1.807) is 35.5 Å². The Bertz CT molecular complexity index is 1400. The lowest BCUT2D eigenvalue weighted by Crippen LogP contribution is -2.27. The zero-order valence-electron chi connectivity index (χ0n) is 18.1.